The first kappa shape index (κ1) is 9.97. The first-order valence-electron chi connectivity index (χ1n) is 5.03. The van der Waals surface area contributed by atoms with Crippen molar-refractivity contribution in [2.75, 3.05) is 11.9 Å². The molecule has 2 nitrogen and oxygen atoms in total. The number of hydrogen-bond donors (Lipinski definition) is 0. The lowest BCUT2D eigenvalue weighted by atomic mass is 10.2. The predicted octanol–water partition coefficient (Wildman–Crippen LogP) is 3.02. The van der Waals surface area contributed by atoms with Crippen LogP contribution >= 0.6 is 15.9 Å². The minimum absolute atomic E-state index is 0.696. The van der Waals surface area contributed by atoms with Crippen LogP contribution < -0.4 is 4.90 Å². The Morgan fingerprint density at radius 2 is 2.21 bits per heavy atom. The van der Waals surface area contributed by atoms with Crippen molar-refractivity contribution in [3.8, 4) is 0 Å². The van der Waals surface area contributed by atoms with E-state index in [1.54, 1.807) is 6.20 Å². The van der Waals surface area contributed by atoms with Gasteiger partial charge in [0.2, 0.25) is 0 Å². The van der Waals surface area contributed by atoms with Gasteiger partial charge in [0.15, 0.2) is 0 Å². The van der Waals surface area contributed by atoms with E-state index < -0.39 is 0 Å². The van der Waals surface area contributed by atoms with Crippen LogP contribution in [0.3, 0.4) is 0 Å². The molecule has 0 amide bonds. The van der Waals surface area contributed by atoms with Gasteiger partial charge in [0.1, 0.15) is 0 Å². The van der Waals surface area contributed by atoms with Crippen molar-refractivity contribution in [1.82, 2.24) is 4.98 Å². The molecule has 0 atom stereocenters. The maximum Gasteiger partial charge on any atom is 0.0908 e. The molecule has 1 aromatic heterocycles. The van der Waals surface area contributed by atoms with Gasteiger partial charge in [-0.2, -0.15) is 0 Å². The van der Waals surface area contributed by atoms with Gasteiger partial charge in [-0.05, 0) is 34.8 Å². The van der Waals surface area contributed by atoms with E-state index in [9.17, 15) is 0 Å². The van der Waals surface area contributed by atoms with E-state index in [-0.39, 0.29) is 0 Å². The molecule has 75 valence electrons. The third-order valence-corrected chi connectivity index (χ3v) is 3.56. The first-order valence-corrected chi connectivity index (χ1v) is 5.83. The topological polar surface area (TPSA) is 16.1 Å². The second-order valence-corrected chi connectivity index (χ2v) is 4.67. The molecule has 1 aliphatic carbocycles. The molecule has 14 heavy (non-hydrogen) atoms. The van der Waals surface area contributed by atoms with Crippen molar-refractivity contribution in [2.24, 2.45) is 0 Å². The van der Waals surface area contributed by atoms with Crippen molar-refractivity contribution in [3.05, 3.63) is 22.9 Å². The largest absolute Gasteiger partial charge is 0.371 e. The zero-order valence-electron chi connectivity index (χ0n) is 8.33. The van der Waals surface area contributed by atoms with Crippen LogP contribution in [0, 0.1) is 6.20 Å². The van der Waals surface area contributed by atoms with Crippen molar-refractivity contribution in [2.45, 2.75) is 31.7 Å². The van der Waals surface area contributed by atoms with Crippen LogP contribution in [-0.2, 0) is 0 Å². The Bertz CT molecular complexity index is 308. The highest BCUT2D eigenvalue weighted by Gasteiger charge is 2.20. The summed E-state index contributed by atoms with van der Waals surface area (Å²) in [4.78, 5) is 6.30. The molecule has 1 radical (unpaired) electrons. The molecule has 0 bridgehead atoms. The number of aromatic nitrogens is 1. The fourth-order valence-electron chi connectivity index (χ4n) is 2.09. The molecule has 2 rings (SSSR count). The van der Waals surface area contributed by atoms with Crippen LogP contribution in [0.5, 0.6) is 0 Å². The molecule has 0 aromatic carbocycles. The molecule has 1 aliphatic rings. The molecule has 3 heteroatoms. The van der Waals surface area contributed by atoms with Crippen LogP contribution in [0.4, 0.5) is 5.69 Å². The molecule has 0 aliphatic heterocycles. The SMILES string of the molecule is CN(c1c[c]ncc1Br)C1CCCC1. The van der Waals surface area contributed by atoms with Gasteiger partial charge in [0, 0.05) is 19.3 Å². The molecule has 1 saturated carbocycles. The Balaban J connectivity index is 2.17. The molecule has 1 heterocycles. The fraction of sp³-hybridized carbons (Fsp3) is 0.545. The Morgan fingerprint density at radius 3 is 2.86 bits per heavy atom. The minimum atomic E-state index is 0.696. The Morgan fingerprint density at radius 1 is 1.50 bits per heavy atom. The number of hydrogen-bond acceptors (Lipinski definition) is 2. The smallest absolute Gasteiger partial charge is 0.0908 e. The zero-order valence-corrected chi connectivity index (χ0v) is 9.92. The van der Waals surface area contributed by atoms with E-state index in [0.29, 0.717) is 6.04 Å². The second-order valence-electron chi connectivity index (χ2n) is 3.81. The Kier molecular flexibility index (Phi) is 3.06. The third-order valence-electron chi connectivity index (χ3n) is 2.95. The van der Waals surface area contributed by atoms with Crippen molar-refractivity contribution >= 4 is 21.6 Å². The number of halogens is 1. The van der Waals surface area contributed by atoms with E-state index in [2.05, 4.69) is 39.1 Å². The van der Waals surface area contributed by atoms with Crippen molar-refractivity contribution in [1.29, 1.82) is 0 Å². The highest BCUT2D eigenvalue weighted by Crippen LogP contribution is 2.30. The molecule has 1 aromatic rings. The summed E-state index contributed by atoms with van der Waals surface area (Å²) in [6.45, 7) is 0. The summed E-state index contributed by atoms with van der Waals surface area (Å²) in [5.74, 6) is 0. The summed E-state index contributed by atoms with van der Waals surface area (Å²) in [7, 11) is 2.16. The average molecular weight is 254 g/mol. The van der Waals surface area contributed by atoms with Crippen LogP contribution in [0.25, 0.3) is 0 Å². The zero-order chi connectivity index (χ0) is 9.97. The number of anilines is 1. The van der Waals surface area contributed by atoms with Gasteiger partial charge in [-0.3, -0.25) is 4.98 Å². The average Bonchev–Trinajstić information content (AvgIpc) is 2.70. The van der Waals surface area contributed by atoms with Gasteiger partial charge in [0.25, 0.3) is 0 Å². The monoisotopic (exact) mass is 253 g/mol. The van der Waals surface area contributed by atoms with Crippen LogP contribution in [0.2, 0.25) is 0 Å². The van der Waals surface area contributed by atoms with Gasteiger partial charge in [-0.15, -0.1) is 0 Å². The van der Waals surface area contributed by atoms with E-state index in [0.717, 1.165) is 4.47 Å². The van der Waals surface area contributed by atoms with Crippen molar-refractivity contribution < 1.29 is 0 Å². The van der Waals surface area contributed by atoms with Gasteiger partial charge >= 0.3 is 0 Å². The summed E-state index contributed by atoms with van der Waals surface area (Å²) >= 11 is 3.52. The molecular formula is C11H14BrN2. The molecular weight excluding hydrogens is 240 g/mol. The van der Waals surface area contributed by atoms with E-state index in [1.807, 2.05) is 6.07 Å². The normalized spacial score (nSPS) is 17.3. The van der Waals surface area contributed by atoms with Crippen molar-refractivity contribution in [3.63, 3.8) is 0 Å². The van der Waals surface area contributed by atoms with Gasteiger partial charge < -0.3 is 4.90 Å². The predicted molar refractivity (Wildman–Crippen MR) is 61.4 cm³/mol. The van der Waals surface area contributed by atoms with E-state index >= 15 is 0 Å². The highest BCUT2D eigenvalue weighted by molar-refractivity contribution is 9.10. The summed E-state index contributed by atoms with van der Waals surface area (Å²) in [5, 5.41) is 0. The molecule has 0 unspecified atom stereocenters. The lowest BCUT2D eigenvalue weighted by Gasteiger charge is -2.27. The molecule has 0 spiro atoms. The lowest BCUT2D eigenvalue weighted by Crippen LogP contribution is -2.29. The number of rotatable bonds is 2. The molecule has 0 saturated heterocycles. The maximum absolute atomic E-state index is 3.96. The highest BCUT2D eigenvalue weighted by atomic mass is 79.9. The van der Waals surface area contributed by atoms with Crippen LogP contribution in [0.1, 0.15) is 25.7 Å². The van der Waals surface area contributed by atoms with E-state index in [4.69, 9.17) is 0 Å². The summed E-state index contributed by atoms with van der Waals surface area (Å²) in [6.07, 6.45) is 10.0. The number of nitrogens with zero attached hydrogens (tertiary/aromatic N) is 2. The Hall–Kier alpha value is -0.570. The van der Waals surface area contributed by atoms with Crippen LogP contribution in [-0.4, -0.2) is 18.1 Å². The number of pyridine rings is 1. The van der Waals surface area contributed by atoms with Crippen LogP contribution in [0.15, 0.2) is 16.7 Å². The standard InChI is InChI=1S/C11H14BrN2/c1-14(9-4-2-3-5-9)11-6-7-13-8-10(11)12/h6,8-9H,2-5H2,1H3. The maximum atomic E-state index is 3.96. The quantitative estimate of drug-likeness (QED) is 0.806. The first-order chi connectivity index (χ1) is 6.79. The molecule has 0 N–H and O–H groups in total. The summed E-state index contributed by atoms with van der Waals surface area (Å²) in [6, 6.07) is 2.64. The molecule has 1 fully saturated rings. The third kappa shape index (κ3) is 1.92. The summed E-state index contributed by atoms with van der Waals surface area (Å²) < 4.78 is 1.06. The van der Waals surface area contributed by atoms with Gasteiger partial charge in [0.05, 0.1) is 16.4 Å². The minimum Gasteiger partial charge on any atom is -0.371 e. The lowest BCUT2D eigenvalue weighted by molar-refractivity contribution is 0.652. The fourth-order valence-corrected chi connectivity index (χ4v) is 2.58. The Labute approximate surface area is 93.5 Å². The van der Waals surface area contributed by atoms with Gasteiger partial charge in [-0.25, -0.2) is 0 Å². The van der Waals surface area contributed by atoms with Gasteiger partial charge in [-0.1, -0.05) is 12.8 Å². The van der Waals surface area contributed by atoms with E-state index in [1.165, 1.54) is 31.4 Å². The summed E-state index contributed by atoms with van der Waals surface area (Å²) in [5.41, 5.74) is 1.20. The second kappa shape index (κ2) is 4.30.